The minimum atomic E-state index is -0.0339. The number of hydrogen-bond acceptors (Lipinski definition) is 4. The van der Waals surface area contributed by atoms with Gasteiger partial charge in [-0.15, -0.1) is 0 Å². The summed E-state index contributed by atoms with van der Waals surface area (Å²) < 4.78 is 0. The lowest BCUT2D eigenvalue weighted by molar-refractivity contribution is -0.133. The summed E-state index contributed by atoms with van der Waals surface area (Å²) in [7, 11) is 0. The van der Waals surface area contributed by atoms with Crippen molar-refractivity contribution >= 4 is 11.7 Å². The molecule has 0 radical (unpaired) electrons. The van der Waals surface area contributed by atoms with Crippen LogP contribution < -0.4 is 5.32 Å². The average molecular weight is 338 g/mol. The van der Waals surface area contributed by atoms with E-state index in [9.17, 15) is 4.79 Å². The lowest BCUT2D eigenvalue weighted by Gasteiger charge is -2.34. The van der Waals surface area contributed by atoms with Crippen molar-refractivity contribution in [3.8, 4) is 0 Å². The molecule has 1 atom stereocenters. The van der Waals surface area contributed by atoms with E-state index < -0.39 is 0 Å². The molecule has 1 N–H and O–H groups in total. The number of carbonyl (C=O) groups is 1. The highest BCUT2D eigenvalue weighted by Crippen LogP contribution is 2.24. The van der Waals surface area contributed by atoms with Crippen molar-refractivity contribution in [2.45, 2.75) is 45.1 Å². The Hall–Kier alpha value is -2.43. The van der Waals surface area contributed by atoms with Crippen LogP contribution in [-0.4, -0.2) is 39.9 Å². The van der Waals surface area contributed by atoms with Gasteiger partial charge in [0.1, 0.15) is 5.82 Å². The number of nitrogens with one attached hydrogen (secondary N) is 1. The first-order valence-electron chi connectivity index (χ1n) is 9.06. The third-order valence-electron chi connectivity index (χ3n) is 4.82. The fourth-order valence-electron chi connectivity index (χ4n) is 3.44. The Morgan fingerprint density at radius 3 is 2.60 bits per heavy atom. The van der Waals surface area contributed by atoms with Crippen molar-refractivity contribution in [3.63, 3.8) is 0 Å². The number of nitrogens with zero attached hydrogens (tertiary/aromatic N) is 3. The van der Waals surface area contributed by atoms with Crippen molar-refractivity contribution < 1.29 is 4.79 Å². The first kappa shape index (κ1) is 17.4. The lowest BCUT2D eigenvalue weighted by atomic mass is 9.93. The van der Waals surface area contributed by atoms with E-state index in [4.69, 9.17) is 0 Å². The van der Waals surface area contributed by atoms with Crippen LogP contribution in [0.1, 0.15) is 43.4 Å². The summed E-state index contributed by atoms with van der Waals surface area (Å²) in [6.07, 6.45) is 6.22. The van der Waals surface area contributed by atoms with Crippen LogP contribution in [0.5, 0.6) is 0 Å². The van der Waals surface area contributed by atoms with Gasteiger partial charge in [0.25, 0.3) is 0 Å². The maximum Gasteiger partial charge on any atom is 0.230 e. The van der Waals surface area contributed by atoms with Gasteiger partial charge in [0.2, 0.25) is 5.91 Å². The Labute approximate surface area is 149 Å². The van der Waals surface area contributed by atoms with E-state index in [2.05, 4.69) is 34.3 Å². The Morgan fingerprint density at radius 2 is 1.96 bits per heavy atom. The maximum absolute atomic E-state index is 12.9. The molecule has 0 saturated carbocycles. The molecule has 0 spiro atoms. The quantitative estimate of drug-likeness (QED) is 0.908. The number of aromatic nitrogens is 2. The van der Waals surface area contributed by atoms with Gasteiger partial charge in [-0.1, -0.05) is 37.3 Å². The maximum atomic E-state index is 12.9. The van der Waals surface area contributed by atoms with Gasteiger partial charge >= 0.3 is 0 Å². The molecule has 1 aliphatic rings. The third-order valence-corrected chi connectivity index (χ3v) is 4.82. The summed E-state index contributed by atoms with van der Waals surface area (Å²) >= 11 is 0. The summed E-state index contributed by atoms with van der Waals surface area (Å²) in [5, 5.41) is 3.44. The molecule has 1 aromatic carbocycles. The first-order valence-corrected chi connectivity index (χ1v) is 9.06. The van der Waals surface area contributed by atoms with Crippen LogP contribution >= 0.6 is 0 Å². The highest BCUT2D eigenvalue weighted by Gasteiger charge is 2.28. The fourth-order valence-corrected chi connectivity index (χ4v) is 3.44. The Bertz CT molecular complexity index is 696. The van der Waals surface area contributed by atoms with E-state index in [0.717, 1.165) is 49.4 Å². The number of amides is 1. The number of benzene rings is 1. The number of hydrogen-bond donors (Lipinski definition) is 1. The smallest absolute Gasteiger partial charge is 0.230 e. The fraction of sp³-hybridized carbons (Fsp3) is 0.450. The lowest BCUT2D eigenvalue weighted by Crippen LogP contribution is -2.44. The molecule has 0 aliphatic carbocycles. The molecule has 1 amide bonds. The first-order chi connectivity index (χ1) is 12.2. The second kappa shape index (κ2) is 8.10. The van der Waals surface area contributed by atoms with Crippen LogP contribution in [0, 0.1) is 6.92 Å². The van der Waals surface area contributed by atoms with Gasteiger partial charge < -0.3 is 10.2 Å². The van der Waals surface area contributed by atoms with Gasteiger partial charge in [0.05, 0.1) is 17.8 Å². The van der Waals surface area contributed by atoms with E-state index in [-0.39, 0.29) is 11.8 Å². The van der Waals surface area contributed by atoms with Gasteiger partial charge in [0, 0.05) is 25.3 Å². The second-order valence-corrected chi connectivity index (χ2v) is 6.66. The van der Waals surface area contributed by atoms with Crippen LogP contribution in [0.25, 0.3) is 0 Å². The number of likely N-dealkylation sites (tertiary alicyclic amines) is 1. The molecule has 1 fully saturated rings. The number of piperidine rings is 1. The normalized spacial score (nSPS) is 16.5. The summed E-state index contributed by atoms with van der Waals surface area (Å²) in [5.74, 6) is 1.04. The molecule has 1 saturated heterocycles. The van der Waals surface area contributed by atoms with Crippen molar-refractivity contribution in [1.82, 2.24) is 14.9 Å². The average Bonchev–Trinajstić information content (AvgIpc) is 2.64. The van der Waals surface area contributed by atoms with Crippen LogP contribution in [0.4, 0.5) is 5.82 Å². The number of aryl methyl sites for hydroxylation is 1. The van der Waals surface area contributed by atoms with Gasteiger partial charge in [-0.2, -0.15) is 0 Å². The Morgan fingerprint density at radius 1 is 1.24 bits per heavy atom. The molecule has 132 valence electrons. The topological polar surface area (TPSA) is 58.1 Å². The molecular formula is C20H26N4O. The minimum Gasteiger partial charge on any atom is -0.366 e. The zero-order chi connectivity index (χ0) is 17.6. The largest absolute Gasteiger partial charge is 0.366 e. The van der Waals surface area contributed by atoms with Crippen LogP contribution in [0.2, 0.25) is 0 Å². The SMILES string of the molecule is CC[C@@H](C(=O)N1CCC(Nc2cncc(C)n2)CC1)c1ccccc1. The highest BCUT2D eigenvalue weighted by molar-refractivity contribution is 5.83. The van der Waals surface area contributed by atoms with Gasteiger partial charge in [-0.25, -0.2) is 4.98 Å². The number of anilines is 1. The molecule has 0 unspecified atom stereocenters. The summed E-state index contributed by atoms with van der Waals surface area (Å²) in [4.78, 5) is 23.6. The number of rotatable bonds is 5. The van der Waals surface area contributed by atoms with Crippen LogP contribution in [0.15, 0.2) is 42.7 Å². The molecule has 3 rings (SSSR count). The van der Waals surface area contributed by atoms with Gasteiger partial charge in [0.15, 0.2) is 0 Å². The second-order valence-electron chi connectivity index (χ2n) is 6.66. The van der Waals surface area contributed by atoms with Crippen molar-refractivity contribution in [3.05, 3.63) is 54.0 Å². The molecule has 1 aromatic heterocycles. The van der Waals surface area contributed by atoms with E-state index in [0.29, 0.717) is 6.04 Å². The van der Waals surface area contributed by atoms with Crippen molar-refractivity contribution in [1.29, 1.82) is 0 Å². The Kier molecular flexibility index (Phi) is 5.64. The predicted molar refractivity (Wildman–Crippen MR) is 99.5 cm³/mol. The molecule has 25 heavy (non-hydrogen) atoms. The van der Waals surface area contributed by atoms with E-state index in [1.807, 2.05) is 30.0 Å². The molecule has 2 heterocycles. The summed E-state index contributed by atoms with van der Waals surface area (Å²) in [5.41, 5.74) is 2.02. The molecule has 2 aromatic rings. The molecule has 5 nitrogen and oxygen atoms in total. The molecule has 0 bridgehead atoms. The molecule has 1 aliphatic heterocycles. The van der Waals surface area contributed by atoms with Gasteiger partial charge in [-0.3, -0.25) is 9.78 Å². The van der Waals surface area contributed by atoms with Crippen molar-refractivity contribution in [2.75, 3.05) is 18.4 Å². The zero-order valence-corrected chi connectivity index (χ0v) is 15.0. The van der Waals surface area contributed by atoms with Crippen molar-refractivity contribution in [2.24, 2.45) is 0 Å². The summed E-state index contributed by atoms with van der Waals surface area (Å²) in [6, 6.07) is 10.4. The van der Waals surface area contributed by atoms with Crippen LogP contribution in [0.3, 0.4) is 0 Å². The van der Waals surface area contributed by atoms with Gasteiger partial charge in [-0.05, 0) is 31.7 Å². The third kappa shape index (κ3) is 4.35. The number of carbonyl (C=O) groups excluding carboxylic acids is 1. The zero-order valence-electron chi connectivity index (χ0n) is 15.0. The minimum absolute atomic E-state index is 0.0339. The van der Waals surface area contributed by atoms with Crippen LogP contribution in [-0.2, 0) is 4.79 Å². The monoisotopic (exact) mass is 338 g/mol. The standard InChI is InChI=1S/C20H26N4O/c1-3-18(16-7-5-4-6-8-16)20(25)24-11-9-17(10-12-24)23-19-14-21-13-15(2)22-19/h4-8,13-14,17-18H,3,9-12H2,1-2H3,(H,22,23)/t18-/m1/s1. The molecule has 5 heteroatoms. The molecular weight excluding hydrogens is 312 g/mol. The summed E-state index contributed by atoms with van der Waals surface area (Å²) in [6.45, 7) is 5.60. The highest BCUT2D eigenvalue weighted by atomic mass is 16.2. The predicted octanol–water partition coefficient (Wildman–Crippen LogP) is 3.38. The van der Waals surface area contributed by atoms with E-state index in [1.54, 1.807) is 12.4 Å². The van der Waals surface area contributed by atoms with E-state index >= 15 is 0 Å². The Balaban J connectivity index is 1.57. The van der Waals surface area contributed by atoms with E-state index in [1.165, 1.54) is 0 Å².